The molecule has 2 aromatic carbocycles. The summed E-state index contributed by atoms with van der Waals surface area (Å²) >= 11 is 0. The zero-order valence-electron chi connectivity index (χ0n) is 13.2. The number of fused-ring (bicyclic) bond motifs is 8. The van der Waals surface area contributed by atoms with Crippen molar-refractivity contribution in [2.24, 2.45) is 0 Å². The largest absolute Gasteiger partial charge is 0.233 e. The maximum atomic E-state index is 4.60. The Balaban J connectivity index is 1.58. The van der Waals surface area contributed by atoms with Gasteiger partial charge in [-0.3, -0.25) is 0 Å². The number of rotatable bonds is 0. The molecule has 114 valence electrons. The first kappa shape index (κ1) is 12.5. The molecule has 3 heterocycles. The maximum Gasteiger partial charge on any atom is 0.207 e. The molecule has 0 amide bonds. The first-order chi connectivity index (χ1) is 11.9. The third-order valence-corrected chi connectivity index (χ3v) is 5.48. The summed E-state index contributed by atoms with van der Waals surface area (Å²) in [6.45, 7) is 0.942. The zero-order valence-corrected chi connectivity index (χ0v) is 13.2. The average molecular weight is 310 g/mol. The van der Waals surface area contributed by atoms with Crippen LogP contribution in [0, 0.1) is 0 Å². The summed E-state index contributed by atoms with van der Waals surface area (Å²) in [6, 6.07) is 17.6. The second kappa shape index (κ2) is 4.32. The highest BCUT2D eigenvalue weighted by atomic mass is 15.4. The van der Waals surface area contributed by atoms with Gasteiger partial charge in [0.1, 0.15) is 5.69 Å². The van der Waals surface area contributed by atoms with E-state index < -0.39 is 0 Å². The highest BCUT2D eigenvalue weighted by Crippen LogP contribution is 2.34. The van der Waals surface area contributed by atoms with Gasteiger partial charge in [-0.05, 0) is 53.3 Å². The molecule has 0 radical (unpaired) electrons. The predicted molar refractivity (Wildman–Crippen MR) is 92.4 cm³/mol. The van der Waals surface area contributed by atoms with Crippen LogP contribution in [0.25, 0.3) is 16.7 Å². The molecule has 1 aliphatic carbocycles. The SMILES string of the molecule is c1ccc2c(c1)Cc1ccc3c(c1C2)C[n+]1cc2cccnc2n1-3. The average Bonchev–Trinajstić information content (AvgIpc) is 3.16. The van der Waals surface area contributed by atoms with Gasteiger partial charge in [-0.25, -0.2) is 4.98 Å². The highest BCUT2D eigenvalue weighted by Gasteiger charge is 2.32. The topological polar surface area (TPSA) is 21.7 Å². The second-order valence-electron chi connectivity index (χ2n) is 6.78. The van der Waals surface area contributed by atoms with E-state index in [4.69, 9.17) is 0 Å². The molecular weight excluding hydrogens is 294 g/mol. The quantitative estimate of drug-likeness (QED) is 0.395. The van der Waals surface area contributed by atoms with Crippen molar-refractivity contribution in [2.75, 3.05) is 0 Å². The molecule has 2 aliphatic rings. The van der Waals surface area contributed by atoms with Crippen LogP contribution in [0.5, 0.6) is 0 Å². The molecular formula is C21H16N3+. The summed E-state index contributed by atoms with van der Waals surface area (Å²) < 4.78 is 4.56. The monoisotopic (exact) mass is 310 g/mol. The first-order valence-corrected chi connectivity index (χ1v) is 8.45. The summed E-state index contributed by atoms with van der Waals surface area (Å²) in [6.07, 6.45) is 6.19. The molecule has 0 fully saturated rings. The molecule has 0 N–H and O–H groups in total. The maximum absolute atomic E-state index is 4.60. The number of benzene rings is 2. The van der Waals surface area contributed by atoms with E-state index in [0.717, 1.165) is 25.0 Å². The Labute approximate surface area is 139 Å². The summed E-state index contributed by atoms with van der Waals surface area (Å²) in [5, 5.41) is 1.20. The van der Waals surface area contributed by atoms with E-state index in [1.807, 2.05) is 12.3 Å². The number of aromatic nitrogens is 3. The van der Waals surface area contributed by atoms with Gasteiger partial charge in [0.2, 0.25) is 18.4 Å². The van der Waals surface area contributed by atoms with Crippen molar-refractivity contribution >= 4 is 11.0 Å². The van der Waals surface area contributed by atoms with E-state index >= 15 is 0 Å². The van der Waals surface area contributed by atoms with Crippen LogP contribution in [0.4, 0.5) is 0 Å². The Bertz CT molecular complexity index is 1140. The number of hydrogen-bond acceptors (Lipinski definition) is 1. The van der Waals surface area contributed by atoms with Gasteiger partial charge in [-0.1, -0.05) is 30.3 Å². The van der Waals surface area contributed by atoms with E-state index in [0.29, 0.717) is 0 Å². The number of nitrogens with zero attached hydrogens (tertiary/aromatic N) is 3. The zero-order chi connectivity index (χ0) is 15.7. The van der Waals surface area contributed by atoms with Crippen molar-refractivity contribution in [2.45, 2.75) is 19.4 Å². The fourth-order valence-corrected chi connectivity index (χ4v) is 4.35. The number of pyridine rings is 1. The van der Waals surface area contributed by atoms with Crippen LogP contribution in [0.2, 0.25) is 0 Å². The second-order valence-corrected chi connectivity index (χ2v) is 6.78. The van der Waals surface area contributed by atoms with Gasteiger partial charge in [0.15, 0.2) is 0 Å². The van der Waals surface area contributed by atoms with Gasteiger partial charge in [-0.15, -0.1) is 9.36 Å². The molecule has 0 bridgehead atoms. The number of hydrogen-bond donors (Lipinski definition) is 0. The molecule has 24 heavy (non-hydrogen) atoms. The van der Waals surface area contributed by atoms with Gasteiger partial charge in [-0.2, -0.15) is 0 Å². The van der Waals surface area contributed by atoms with Crippen LogP contribution in [-0.2, 0) is 19.4 Å². The molecule has 0 saturated heterocycles. The summed E-state index contributed by atoms with van der Waals surface area (Å²) in [7, 11) is 0. The van der Waals surface area contributed by atoms with Crippen LogP contribution in [-0.4, -0.2) is 9.67 Å². The van der Waals surface area contributed by atoms with E-state index in [9.17, 15) is 0 Å². The Morgan fingerprint density at radius 3 is 2.62 bits per heavy atom. The van der Waals surface area contributed by atoms with Crippen LogP contribution >= 0.6 is 0 Å². The smallest absolute Gasteiger partial charge is 0.207 e. The van der Waals surface area contributed by atoms with Crippen LogP contribution in [0.3, 0.4) is 0 Å². The highest BCUT2D eigenvalue weighted by molar-refractivity contribution is 5.75. The van der Waals surface area contributed by atoms with Crippen molar-refractivity contribution in [3.05, 3.63) is 88.7 Å². The molecule has 2 aromatic heterocycles. The van der Waals surface area contributed by atoms with E-state index in [1.54, 1.807) is 0 Å². The Morgan fingerprint density at radius 2 is 1.71 bits per heavy atom. The van der Waals surface area contributed by atoms with Crippen LogP contribution < -0.4 is 4.68 Å². The molecule has 3 nitrogen and oxygen atoms in total. The molecule has 0 spiro atoms. The van der Waals surface area contributed by atoms with Crippen molar-refractivity contribution < 1.29 is 4.68 Å². The van der Waals surface area contributed by atoms with Gasteiger partial charge in [0.25, 0.3) is 0 Å². The minimum absolute atomic E-state index is 0.942. The fraction of sp³-hybridized carbons (Fsp3) is 0.143. The Kier molecular flexibility index (Phi) is 2.25. The predicted octanol–water partition coefficient (Wildman–Crippen LogP) is 3.17. The molecule has 4 aromatic rings. The van der Waals surface area contributed by atoms with Gasteiger partial charge < -0.3 is 0 Å². The van der Waals surface area contributed by atoms with Crippen molar-refractivity contribution in [1.29, 1.82) is 0 Å². The standard InChI is InChI=1S/C21H16N3/c1-2-5-15-11-18-16(10-14(15)4-1)7-8-20-19(18)13-23-12-17-6-3-9-22-21(17)24(20)23/h1-9,12H,10-11,13H2/q+1. The molecule has 0 atom stereocenters. The lowest BCUT2D eigenvalue weighted by molar-refractivity contribution is -0.749. The van der Waals surface area contributed by atoms with Crippen molar-refractivity contribution in [3.63, 3.8) is 0 Å². The molecule has 1 aliphatic heterocycles. The minimum Gasteiger partial charge on any atom is -0.233 e. The lowest BCUT2D eigenvalue weighted by atomic mass is 9.83. The Morgan fingerprint density at radius 1 is 0.833 bits per heavy atom. The van der Waals surface area contributed by atoms with Crippen molar-refractivity contribution in [3.8, 4) is 5.69 Å². The molecule has 0 unspecified atom stereocenters. The normalized spacial score (nSPS) is 14.2. The van der Waals surface area contributed by atoms with E-state index in [-0.39, 0.29) is 0 Å². The molecule has 0 saturated carbocycles. The lowest BCUT2D eigenvalue weighted by Gasteiger charge is -2.21. The van der Waals surface area contributed by atoms with Crippen LogP contribution in [0.15, 0.2) is 60.9 Å². The third-order valence-electron chi connectivity index (χ3n) is 5.48. The fourth-order valence-electron chi connectivity index (χ4n) is 4.35. The van der Waals surface area contributed by atoms with Gasteiger partial charge >= 0.3 is 0 Å². The summed E-state index contributed by atoms with van der Waals surface area (Å²) in [5.74, 6) is 0. The molecule has 3 heteroatoms. The van der Waals surface area contributed by atoms with Crippen LogP contribution in [0.1, 0.15) is 27.8 Å². The van der Waals surface area contributed by atoms with Gasteiger partial charge in [0.05, 0.1) is 10.9 Å². The molecule has 6 rings (SSSR count). The summed E-state index contributed by atoms with van der Waals surface area (Å²) in [5.41, 5.74) is 9.76. The Hall–Kier alpha value is -2.94. The minimum atomic E-state index is 0.942. The van der Waals surface area contributed by atoms with E-state index in [2.05, 4.69) is 63.0 Å². The van der Waals surface area contributed by atoms with E-state index in [1.165, 1.54) is 38.9 Å². The van der Waals surface area contributed by atoms with Gasteiger partial charge in [0, 0.05) is 6.20 Å². The summed E-state index contributed by atoms with van der Waals surface area (Å²) in [4.78, 5) is 4.60. The third kappa shape index (κ3) is 1.51. The first-order valence-electron chi connectivity index (χ1n) is 8.45. The van der Waals surface area contributed by atoms with Crippen molar-refractivity contribution in [1.82, 2.24) is 9.67 Å². The lowest BCUT2D eigenvalue weighted by Crippen LogP contribution is -2.36.